The highest BCUT2D eigenvalue weighted by atomic mass is 16.5. The minimum atomic E-state index is -0.0969. The maximum atomic E-state index is 12.3. The Bertz CT molecular complexity index is 634. The van der Waals surface area contributed by atoms with Crippen molar-refractivity contribution in [3.63, 3.8) is 0 Å². The zero-order chi connectivity index (χ0) is 16.8. The zero-order valence-corrected chi connectivity index (χ0v) is 13.9. The lowest BCUT2D eigenvalue weighted by Gasteiger charge is -2.14. The van der Waals surface area contributed by atoms with Crippen molar-refractivity contribution in [1.82, 2.24) is 15.1 Å². The first kappa shape index (κ1) is 16.5. The fourth-order valence-corrected chi connectivity index (χ4v) is 2.71. The molecule has 0 aliphatic carbocycles. The number of hydrogen-bond donors (Lipinski definition) is 1. The van der Waals surface area contributed by atoms with Gasteiger partial charge in [0.2, 0.25) is 0 Å². The van der Waals surface area contributed by atoms with Gasteiger partial charge in [-0.2, -0.15) is 5.10 Å². The van der Waals surface area contributed by atoms with E-state index in [2.05, 4.69) is 10.4 Å². The van der Waals surface area contributed by atoms with Crippen LogP contribution < -0.4 is 10.1 Å². The Morgan fingerprint density at radius 2 is 2.29 bits per heavy atom. The lowest BCUT2D eigenvalue weighted by atomic mass is 10.2. The zero-order valence-electron chi connectivity index (χ0n) is 13.9. The monoisotopic (exact) mass is 329 g/mol. The highest BCUT2D eigenvalue weighted by molar-refractivity contribution is 5.94. The average molecular weight is 329 g/mol. The molecule has 1 aliphatic rings. The van der Waals surface area contributed by atoms with Gasteiger partial charge in [-0.05, 0) is 50.1 Å². The SMILES string of the molecule is C[C@@H](Cn1cccn1)NC(=O)c1ccc(OC[C@@H]2CCCO2)cc1. The van der Waals surface area contributed by atoms with Crippen molar-refractivity contribution in [3.8, 4) is 5.75 Å². The van der Waals surface area contributed by atoms with E-state index in [0.717, 1.165) is 25.2 Å². The molecule has 3 rings (SSSR count). The maximum Gasteiger partial charge on any atom is 0.251 e. The quantitative estimate of drug-likeness (QED) is 0.846. The molecule has 2 aromatic rings. The van der Waals surface area contributed by atoms with Crippen molar-refractivity contribution in [3.05, 3.63) is 48.3 Å². The molecule has 6 heteroatoms. The van der Waals surface area contributed by atoms with Crippen LogP contribution in [0.15, 0.2) is 42.7 Å². The van der Waals surface area contributed by atoms with Crippen molar-refractivity contribution < 1.29 is 14.3 Å². The number of carbonyl (C=O) groups is 1. The lowest BCUT2D eigenvalue weighted by Crippen LogP contribution is -2.35. The Labute approximate surface area is 141 Å². The van der Waals surface area contributed by atoms with Gasteiger partial charge in [-0.1, -0.05) is 0 Å². The van der Waals surface area contributed by atoms with Gasteiger partial charge in [0.15, 0.2) is 0 Å². The van der Waals surface area contributed by atoms with Gasteiger partial charge in [-0.25, -0.2) is 0 Å². The maximum absolute atomic E-state index is 12.3. The molecule has 2 heterocycles. The standard InChI is InChI=1S/C18H23N3O3/c1-14(12-21-10-3-9-19-21)20-18(22)15-5-7-16(8-6-15)24-13-17-4-2-11-23-17/h3,5-10,14,17H,2,4,11-13H2,1H3,(H,20,22)/t14-,17-/m0/s1. The van der Waals surface area contributed by atoms with Gasteiger partial charge in [-0.3, -0.25) is 9.48 Å². The first-order valence-corrected chi connectivity index (χ1v) is 8.33. The molecule has 1 aromatic carbocycles. The van der Waals surface area contributed by atoms with E-state index in [1.165, 1.54) is 0 Å². The molecule has 0 saturated carbocycles. The molecule has 1 N–H and O–H groups in total. The second-order valence-electron chi connectivity index (χ2n) is 6.07. The van der Waals surface area contributed by atoms with Crippen LogP contribution in [0, 0.1) is 0 Å². The van der Waals surface area contributed by atoms with E-state index in [9.17, 15) is 4.79 Å². The van der Waals surface area contributed by atoms with E-state index >= 15 is 0 Å². The highest BCUT2D eigenvalue weighted by Gasteiger charge is 2.16. The molecule has 1 aromatic heterocycles. The molecule has 0 spiro atoms. The summed E-state index contributed by atoms with van der Waals surface area (Å²) in [5, 5.41) is 7.11. The molecule has 128 valence electrons. The first-order chi connectivity index (χ1) is 11.7. The highest BCUT2D eigenvalue weighted by Crippen LogP contribution is 2.16. The summed E-state index contributed by atoms with van der Waals surface area (Å²) in [4.78, 5) is 12.3. The second kappa shape index (κ2) is 7.97. The summed E-state index contributed by atoms with van der Waals surface area (Å²) in [6, 6.07) is 9.06. The van der Waals surface area contributed by atoms with E-state index in [-0.39, 0.29) is 18.1 Å². The molecule has 0 radical (unpaired) electrons. The Morgan fingerprint density at radius 3 is 2.96 bits per heavy atom. The van der Waals surface area contributed by atoms with Crippen LogP contribution in [0.1, 0.15) is 30.1 Å². The van der Waals surface area contributed by atoms with Crippen LogP contribution in [0.4, 0.5) is 0 Å². The van der Waals surface area contributed by atoms with Crippen molar-refractivity contribution >= 4 is 5.91 Å². The van der Waals surface area contributed by atoms with Crippen LogP contribution in [0.5, 0.6) is 5.75 Å². The van der Waals surface area contributed by atoms with Gasteiger partial charge < -0.3 is 14.8 Å². The van der Waals surface area contributed by atoms with Crippen molar-refractivity contribution in [2.75, 3.05) is 13.2 Å². The number of amides is 1. The molecule has 1 saturated heterocycles. The predicted molar refractivity (Wildman–Crippen MR) is 90.1 cm³/mol. The third-order valence-corrected chi connectivity index (χ3v) is 3.97. The van der Waals surface area contributed by atoms with Crippen molar-refractivity contribution in [2.45, 2.75) is 38.5 Å². The molecule has 6 nitrogen and oxygen atoms in total. The average Bonchev–Trinajstić information content (AvgIpc) is 3.27. The van der Waals surface area contributed by atoms with Gasteiger partial charge in [0.05, 0.1) is 12.6 Å². The normalized spacial score (nSPS) is 18.3. The summed E-state index contributed by atoms with van der Waals surface area (Å²) in [6.45, 7) is 3.98. The first-order valence-electron chi connectivity index (χ1n) is 8.33. The fraction of sp³-hybridized carbons (Fsp3) is 0.444. The molecule has 1 fully saturated rings. The van der Waals surface area contributed by atoms with Crippen molar-refractivity contribution in [2.24, 2.45) is 0 Å². The van der Waals surface area contributed by atoms with Crippen LogP contribution in [0.25, 0.3) is 0 Å². The lowest BCUT2D eigenvalue weighted by molar-refractivity contribution is 0.0679. The Kier molecular flexibility index (Phi) is 5.48. The van der Waals surface area contributed by atoms with Crippen LogP contribution in [0.3, 0.4) is 0 Å². The molecule has 1 amide bonds. The number of carbonyl (C=O) groups excluding carboxylic acids is 1. The fourth-order valence-electron chi connectivity index (χ4n) is 2.71. The van der Waals surface area contributed by atoms with Crippen LogP contribution in [-0.4, -0.2) is 41.0 Å². The molecule has 2 atom stereocenters. The smallest absolute Gasteiger partial charge is 0.251 e. The number of nitrogens with zero attached hydrogens (tertiary/aromatic N) is 2. The summed E-state index contributed by atoms with van der Waals surface area (Å²) in [7, 11) is 0. The Balaban J connectivity index is 1.47. The van der Waals surface area contributed by atoms with Gasteiger partial charge in [-0.15, -0.1) is 0 Å². The van der Waals surface area contributed by atoms with E-state index in [1.54, 1.807) is 23.0 Å². The number of nitrogens with one attached hydrogen (secondary N) is 1. The predicted octanol–water partition coefficient (Wildman–Crippen LogP) is 2.26. The molecular weight excluding hydrogens is 306 g/mol. The van der Waals surface area contributed by atoms with Gasteiger partial charge >= 0.3 is 0 Å². The summed E-state index contributed by atoms with van der Waals surface area (Å²) in [6.07, 6.45) is 5.95. The number of aromatic nitrogens is 2. The largest absolute Gasteiger partial charge is 0.491 e. The van der Waals surface area contributed by atoms with E-state index in [0.29, 0.717) is 18.7 Å². The number of rotatable bonds is 7. The summed E-state index contributed by atoms with van der Waals surface area (Å²) >= 11 is 0. The van der Waals surface area contributed by atoms with Gasteiger partial charge in [0, 0.05) is 30.6 Å². The minimum Gasteiger partial charge on any atom is -0.491 e. The van der Waals surface area contributed by atoms with Crippen LogP contribution in [-0.2, 0) is 11.3 Å². The van der Waals surface area contributed by atoms with Gasteiger partial charge in [0.25, 0.3) is 5.91 Å². The van der Waals surface area contributed by atoms with Crippen molar-refractivity contribution in [1.29, 1.82) is 0 Å². The van der Waals surface area contributed by atoms with E-state index in [1.807, 2.05) is 31.3 Å². The number of hydrogen-bond acceptors (Lipinski definition) is 4. The molecule has 1 aliphatic heterocycles. The third-order valence-electron chi connectivity index (χ3n) is 3.97. The van der Waals surface area contributed by atoms with Crippen LogP contribution >= 0.6 is 0 Å². The summed E-state index contributed by atoms with van der Waals surface area (Å²) in [5.41, 5.74) is 0.617. The Morgan fingerprint density at radius 1 is 1.46 bits per heavy atom. The Hall–Kier alpha value is -2.34. The second-order valence-corrected chi connectivity index (χ2v) is 6.07. The van der Waals surface area contributed by atoms with Gasteiger partial charge in [0.1, 0.15) is 12.4 Å². The molecule has 0 bridgehead atoms. The summed E-state index contributed by atoms with van der Waals surface area (Å²) in [5.74, 6) is 0.659. The minimum absolute atomic E-state index is 0.00663. The summed E-state index contributed by atoms with van der Waals surface area (Å²) < 4.78 is 13.0. The van der Waals surface area contributed by atoms with E-state index < -0.39 is 0 Å². The molecule has 0 unspecified atom stereocenters. The third kappa shape index (κ3) is 4.58. The topological polar surface area (TPSA) is 65.4 Å². The van der Waals surface area contributed by atoms with Crippen LogP contribution in [0.2, 0.25) is 0 Å². The molecular formula is C18H23N3O3. The number of ether oxygens (including phenoxy) is 2. The van der Waals surface area contributed by atoms with E-state index in [4.69, 9.17) is 9.47 Å². The number of benzene rings is 1. The molecule has 24 heavy (non-hydrogen) atoms.